The van der Waals surface area contributed by atoms with Gasteiger partial charge >= 0.3 is 5.97 Å². The molecule has 5 heteroatoms. The number of nitrogens with one attached hydrogen (secondary N) is 1. The Hall–Kier alpha value is -1.36. The van der Waals surface area contributed by atoms with E-state index in [1.807, 2.05) is 11.4 Å². The number of hydrogen-bond donors (Lipinski definition) is 2. The van der Waals surface area contributed by atoms with Gasteiger partial charge in [-0.2, -0.15) is 0 Å². The van der Waals surface area contributed by atoms with Crippen molar-refractivity contribution in [1.29, 1.82) is 0 Å². The zero-order valence-electron chi connectivity index (χ0n) is 12.0. The normalized spacial score (nSPS) is 30.5. The van der Waals surface area contributed by atoms with Crippen molar-refractivity contribution in [2.24, 2.45) is 17.8 Å². The Bertz CT molecular complexity index is 514. The van der Waals surface area contributed by atoms with Gasteiger partial charge in [-0.25, -0.2) is 0 Å². The SMILES string of the molecule is O=C(CCCc1cccs1)N[C@@H]1[C@H]2CC[C@@H](C2)[C@@H]1C(=O)O. The quantitative estimate of drug-likeness (QED) is 0.849. The molecule has 0 saturated heterocycles. The fourth-order valence-corrected chi connectivity index (χ4v) is 4.74. The van der Waals surface area contributed by atoms with Crippen LogP contribution in [0, 0.1) is 17.8 Å². The number of carbonyl (C=O) groups is 2. The Balaban J connectivity index is 1.49. The van der Waals surface area contributed by atoms with E-state index in [0.29, 0.717) is 12.3 Å². The Morgan fingerprint density at radius 2 is 2.14 bits per heavy atom. The molecular weight excluding hydrogens is 286 g/mol. The number of rotatable bonds is 6. The topological polar surface area (TPSA) is 66.4 Å². The Morgan fingerprint density at radius 3 is 2.86 bits per heavy atom. The van der Waals surface area contributed by atoms with Crippen molar-refractivity contribution in [2.75, 3.05) is 0 Å². The van der Waals surface area contributed by atoms with Gasteiger partial charge in [0.15, 0.2) is 0 Å². The summed E-state index contributed by atoms with van der Waals surface area (Å²) in [4.78, 5) is 24.8. The maximum Gasteiger partial charge on any atom is 0.308 e. The molecule has 2 bridgehead atoms. The highest BCUT2D eigenvalue weighted by Crippen LogP contribution is 2.48. The van der Waals surface area contributed by atoms with Crippen molar-refractivity contribution < 1.29 is 14.7 Å². The number of thiophene rings is 1. The monoisotopic (exact) mass is 307 g/mol. The molecule has 1 amide bonds. The first-order chi connectivity index (χ1) is 10.1. The number of hydrogen-bond acceptors (Lipinski definition) is 3. The number of fused-ring (bicyclic) bond motifs is 2. The third-order valence-electron chi connectivity index (χ3n) is 4.94. The van der Waals surface area contributed by atoms with Gasteiger partial charge in [0.05, 0.1) is 5.92 Å². The van der Waals surface area contributed by atoms with Crippen LogP contribution >= 0.6 is 11.3 Å². The number of carboxylic acids is 1. The van der Waals surface area contributed by atoms with Crippen LogP contribution in [0.2, 0.25) is 0 Å². The van der Waals surface area contributed by atoms with Crippen molar-refractivity contribution in [1.82, 2.24) is 5.32 Å². The maximum absolute atomic E-state index is 12.1. The van der Waals surface area contributed by atoms with E-state index in [-0.39, 0.29) is 23.8 Å². The molecule has 2 aliphatic rings. The highest BCUT2D eigenvalue weighted by Gasteiger charge is 2.51. The maximum atomic E-state index is 12.1. The van der Waals surface area contributed by atoms with Gasteiger partial charge in [-0.15, -0.1) is 11.3 Å². The van der Waals surface area contributed by atoms with Crippen LogP contribution in [0.5, 0.6) is 0 Å². The van der Waals surface area contributed by atoms with E-state index < -0.39 is 5.97 Å². The molecule has 2 saturated carbocycles. The Morgan fingerprint density at radius 1 is 1.33 bits per heavy atom. The Labute approximate surface area is 128 Å². The minimum Gasteiger partial charge on any atom is -0.481 e. The lowest BCUT2D eigenvalue weighted by Gasteiger charge is -2.28. The van der Waals surface area contributed by atoms with Gasteiger partial charge in [-0.1, -0.05) is 6.07 Å². The second-order valence-electron chi connectivity index (χ2n) is 6.22. The molecule has 2 N–H and O–H groups in total. The zero-order chi connectivity index (χ0) is 14.8. The molecule has 0 aliphatic heterocycles. The van der Waals surface area contributed by atoms with Gasteiger partial charge in [-0.05, 0) is 55.4 Å². The molecular formula is C16H21NO3S. The second kappa shape index (κ2) is 6.18. The first-order valence-electron chi connectivity index (χ1n) is 7.69. The van der Waals surface area contributed by atoms with Crippen molar-refractivity contribution in [3.63, 3.8) is 0 Å². The lowest BCUT2D eigenvalue weighted by Crippen LogP contribution is -2.46. The van der Waals surface area contributed by atoms with E-state index >= 15 is 0 Å². The van der Waals surface area contributed by atoms with Crippen LogP contribution in [0.25, 0.3) is 0 Å². The number of amides is 1. The molecule has 0 spiro atoms. The fourth-order valence-electron chi connectivity index (χ4n) is 3.99. The summed E-state index contributed by atoms with van der Waals surface area (Å²) in [5.74, 6) is -0.465. The number of aliphatic carboxylic acids is 1. The lowest BCUT2D eigenvalue weighted by atomic mass is 9.84. The van der Waals surface area contributed by atoms with E-state index in [1.54, 1.807) is 11.3 Å². The summed E-state index contributed by atoms with van der Waals surface area (Å²) >= 11 is 1.71. The van der Waals surface area contributed by atoms with Crippen LogP contribution in [0.4, 0.5) is 0 Å². The molecule has 2 fully saturated rings. The van der Waals surface area contributed by atoms with E-state index in [2.05, 4.69) is 11.4 Å². The molecule has 4 nitrogen and oxygen atoms in total. The van der Waals surface area contributed by atoms with E-state index in [1.165, 1.54) is 4.88 Å². The summed E-state index contributed by atoms with van der Waals surface area (Å²) in [6.07, 6.45) is 5.27. The predicted molar refractivity (Wildman–Crippen MR) is 81.1 cm³/mol. The van der Waals surface area contributed by atoms with Gasteiger partial charge in [-0.3, -0.25) is 9.59 Å². The van der Waals surface area contributed by atoms with E-state index in [4.69, 9.17) is 0 Å². The minimum atomic E-state index is -0.744. The number of carbonyl (C=O) groups excluding carboxylic acids is 1. The largest absolute Gasteiger partial charge is 0.481 e. The third-order valence-corrected chi connectivity index (χ3v) is 5.87. The van der Waals surface area contributed by atoms with Gasteiger partial charge in [0.2, 0.25) is 5.91 Å². The molecule has 0 unspecified atom stereocenters. The third kappa shape index (κ3) is 3.12. The summed E-state index contributed by atoms with van der Waals surface area (Å²) in [6.45, 7) is 0. The van der Waals surface area contributed by atoms with Crippen LogP contribution in [0.15, 0.2) is 17.5 Å². The van der Waals surface area contributed by atoms with Crippen LogP contribution in [0.1, 0.15) is 37.0 Å². The summed E-state index contributed by atoms with van der Waals surface area (Å²) in [5.41, 5.74) is 0. The summed E-state index contributed by atoms with van der Waals surface area (Å²) < 4.78 is 0. The summed E-state index contributed by atoms with van der Waals surface area (Å²) in [7, 11) is 0. The standard InChI is InChI=1S/C16H21NO3S/c18-13(5-1-3-12-4-2-8-21-12)17-15-11-7-6-10(9-11)14(15)16(19)20/h2,4,8,10-11,14-15H,1,3,5-7,9H2,(H,17,18)(H,19,20)/t10-,11-,14-,15+/m0/s1. The first kappa shape index (κ1) is 14.6. The predicted octanol–water partition coefficient (Wildman–Crippen LogP) is 2.69. The van der Waals surface area contributed by atoms with E-state index in [9.17, 15) is 14.7 Å². The minimum absolute atomic E-state index is 0.00959. The first-order valence-corrected chi connectivity index (χ1v) is 8.57. The van der Waals surface area contributed by atoms with Crippen LogP contribution in [0.3, 0.4) is 0 Å². The van der Waals surface area contributed by atoms with Gasteiger partial charge < -0.3 is 10.4 Å². The van der Waals surface area contributed by atoms with Crippen LogP contribution in [-0.2, 0) is 16.0 Å². The van der Waals surface area contributed by atoms with Crippen LogP contribution < -0.4 is 5.32 Å². The number of carboxylic acid groups (broad SMARTS) is 1. The smallest absolute Gasteiger partial charge is 0.308 e. The molecule has 21 heavy (non-hydrogen) atoms. The van der Waals surface area contributed by atoms with Crippen molar-refractivity contribution in [3.05, 3.63) is 22.4 Å². The molecule has 1 aromatic heterocycles. The summed E-state index contributed by atoms with van der Waals surface area (Å²) in [5, 5.41) is 14.4. The molecule has 114 valence electrons. The molecule has 0 radical (unpaired) electrons. The second-order valence-corrected chi connectivity index (χ2v) is 7.26. The Kier molecular flexibility index (Phi) is 4.29. The molecule has 2 aliphatic carbocycles. The number of aryl methyl sites for hydroxylation is 1. The highest BCUT2D eigenvalue weighted by atomic mass is 32.1. The fraction of sp³-hybridized carbons (Fsp3) is 0.625. The highest BCUT2D eigenvalue weighted by molar-refractivity contribution is 7.09. The summed E-state index contributed by atoms with van der Waals surface area (Å²) in [6, 6.07) is 3.96. The van der Waals surface area contributed by atoms with Crippen LogP contribution in [-0.4, -0.2) is 23.0 Å². The van der Waals surface area contributed by atoms with Gasteiger partial charge in [0.25, 0.3) is 0 Å². The van der Waals surface area contributed by atoms with E-state index in [0.717, 1.165) is 32.1 Å². The molecule has 0 aromatic carbocycles. The lowest BCUT2D eigenvalue weighted by molar-refractivity contribution is -0.144. The molecule has 4 atom stereocenters. The molecule has 1 heterocycles. The van der Waals surface area contributed by atoms with Crippen molar-refractivity contribution >= 4 is 23.2 Å². The molecule has 1 aromatic rings. The average molecular weight is 307 g/mol. The van der Waals surface area contributed by atoms with Gasteiger partial charge in [0, 0.05) is 17.3 Å². The average Bonchev–Trinajstić information content (AvgIpc) is 3.14. The van der Waals surface area contributed by atoms with Crippen molar-refractivity contribution in [3.8, 4) is 0 Å². The van der Waals surface area contributed by atoms with Gasteiger partial charge in [0.1, 0.15) is 0 Å². The molecule has 3 rings (SSSR count). The van der Waals surface area contributed by atoms with Crippen molar-refractivity contribution in [2.45, 2.75) is 44.6 Å². The zero-order valence-corrected chi connectivity index (χ0v) is 12.8.